The summed E-state index contributed by atoms with van der Waals surface area (Å²) in [6.07, 6.45) is 1.12. The largest absolute Gasteiger partial charge is 0.481 e. The van der Waals surface area contributed by atoms with Crippen LogP contribution >= 0.6 is 11.8 Å². The molecule has 0 bridgehead atoms. The molecule has 22 heavy (non-hydrogen) atoms. The number of nitrogens with one attached hydrogen (secondary N) is 2. The average Bonchev–Trinajstić information content (AvgIpc) is 2.85. The van der Waals surface area contributed by atoms with Gasteiger partial charge in [0, 0.05) is 17.4 Å². The zero-order valence-corrected chi connectivity index (χ0v) is 13.5. The van der Waals surface area contributed by atoms with Crippen molar-refractivity contribution in [3.05, 3.63) is 0 Å². The zero-order chi connectivity index (χ0) is 16.5. The number of thioether (sulfide) groups is 1. The van der Waals surface area contributed by atoms with Gasteiger partial charge in [0.05, 0.1) is 26.3 Å². The molecule has 1 rings (SSSR count). The molecule has 3 N–H and O–H groups in total. The van der Waals surface area contributed by atoms with Gasteiger partial charge < -0.3 is 25.2 Å². The van der Waals surface area contributed by atoms with E-state index in [0.29, 0.717) is 12.2 Å². The first kappa shape index (κ1) is 18.4. The predicted molar refractivity (Wildman–Crippen MR) is 81.0 cm³/mol. The summed E-state index contributed by atoms with van der Waals surface area (Å²) in [5.41, 5.74) is 0. The van der Waals surface area contributed by atoms with E-state index < -0.39 is 18.2 Å². The third kappa shape index (κ3) is 6.00. The predicted octanol–water partition coefficient (Wildman–Crippen LogP) is 1.20. The van der Waals surface area contributed by atoms with E-state index in [1.807, 2.05) is 0 Å². The number of hydrogen-bond acceptors (Lipinski definition) is 6. The van der Waals surface area contributed by atoms with E-state index in [9.17, 15) is 14.4 Å². The van der Waals surface area contributed by atoms with E-state index in [-0.39, 0.29) is 23.8 Å². The second-order valence-corrected chi connectivity index (χ2v) is 6.19. The van der Waals surface area contributed by atoms with E-state index >= 15 is 0 Å². The Morgan fingerprint density at radius 2 is 1.77 bits per heavy atom. The highest BCUT2D eigenvalue weighted by molar-refractivity contribution is 8.00. The van der Waals surface area contributed by atoms with Crippen LogP contribution in [0.1, 0.15) is 25.7 Å². The molecule has 0 aromatic carbocycles. The van der Waals surface area contributed by atoms with Crippen LogP contribution in [0.25, 0.3) is 0 Å². The molecule has 0 saturated carbocycles. The Balaban J connectivity index is 2.55. The first-order valence-corrected chi connectivity index (χ1v) is 8.05. The molecule has 3 atom stereocenters. The molecule has 126 valence electrons. The van der Waals surface area contributed by atoms with Crippen molar-refractivity contribution in [1.29, 1.82) is 0 Å². The number of alkyl carbamates (subject to hydrolysis) is 2. The van der Waals surface area contributed by atoms with Crippen LogP contribution in [0.2, 0.25) is 0 Å². The molecule has 0 aromatic rings. The lowest BCUT2D eigenvalue weighted by molar-refractivity contribution is -0.137. The molecule has 2 amide bonds. The molecule has 9 heteroatoms. The number of carboxylic acids is 1. The van der Waals surface area contributed by atoms with Crippen molar-refractivity contribution >= 4 is 29.9 Å². The first-order chi connectivity index (χ1) is 10.5. The van der Waals surface area contributed by atoms with E-state index in [1.54, 1.807) is 11.8 Å². The van der Waals surface area contributed by atoms with Gasteiger partial charge >= 0.3 is 18.2 Å². The normalized spacial score (nSPS) is 23.6. The molecule has 0 spiro atoms. The van der Waals surface area contributed by atoms with Gasteiger partial charge in [-0.05, 0) is 12.8 Å². The number of aliphatic carboxylic acids is 1. The Morgan fingerprint density at radius 3 is 2.36 bits per heavy atom. The van der Waals surface area contributed by atoms with Crippen molar-refractivity contribution < 1.29 is 29.0 Å². The van der Waals surface area contributed by atoms with Crippen molar-refractivity contribution in [3.63, 3.8) is 0 Å². The van der Waals surface area contributed by atoms with Gasteiger partial charge in [0.25, 0.3) is 0 Å². The maximum absolute atomic E-state index is 11.5. The lowest BCUT2D eigenvalue weighted by atomic mass is 10.0. The number of amides is 2. The van der Waals surface area contributed by atoms with Gasteiger partial charge in [0.1, 0.15) is 0 Å². The number of carbonyl (C=O) groups excluding carboxylic acids is 2. The standard InChI is InChI=1S/C13H22N2O6S/c1-20-12(18)14-8-7-22-9(5-3-4-6-10(16)17)11(8)15-13(19)21-2/h8-9,11H,3-7H2,1-2H3,(H,14,18)(H,15,19)(H,16,17)/t8-,9-,11+/m1/s1. The summed E-state index contributed by atoms with van der Waals surface area (Å²) in [7, 11) is 2.56. The number of methoxy groups -OCH3 is 2. The number of unbranched alkanes of at least 4 members (excludes halogenated alkanes) is 1. The molecular weight excluding hydrogens is 312 g/mol. The minimum absolute atomic E-state index is 0.0926. The Morgan fingerprint density at radius 1 is 1.14 bits per heavy atom. The third-order valence-corrected chi connectivity index (χ3v) is 4.92. The second-order valence-electron chi connectivity index (χ2n) is 4.92. The number of hydrogen-bond donors (Lipinski definition) is 3. The third-order valence-electron chi connectivity index (χ3n) is 3.41. The van der Waals surface area contributed by atoms with Gasteiger partial charge in [0.2, 0.25) is 0 Å². The lowest BCUT2D eigenvalue weighted by Gasteiger charge is -2.24. The molecule has 0 unspecified atom stereocenters. The topological polar surface area (TPSA) is 114 Å². The molecule has 1 aliphatic heterocycles. The van der Waals surface area contributed by atoms with Gasteiger partial charge in [0.15, 0.2) is 0 Å². The number of ether oxygens (including phenoxy) is 2. The van der Waals surface area contributed by atoms with Crippen LogP contribution in [-0.4, -0.2) is 60.6 Å². The van der Waals surface area contributed by atoms with E-state index in [0.717, 1.165) is 12.8 Å². The Labute approximate surface area is 133 Å². The monoisotopic (exact) mass is 334 g/mol. The van der Waals surface area contributed by atoms with Crippen molar-refractivity contribution in [1.82, 2.24) is 10.6 Å². The molecule has 1 aliphatic rings. The van der Waals surface area contributed by atoms with Gasteiger partial charge in [-0.2, -0.15) is 11.8 Å². The van der Waals surface area contributed by atoms with Gasteiger partial charge in [-0.15, -0.1) is 0 Å². The maximum atomic E-state index is 11.5. The van der Waals surface area contributed by atoms with Crippen LogP contribution in [-0.2, 0) is 14.3 Å². The van der Waals surface area contributed by atoms with Crippen molar-refractivity contribution in [3.8, 4) is 0 Å². The Hall–Kier alpha value is -1.64. The number of carbonyl (C=O) groups is 3. The van der Waals surface area contributed by atoms with Gasteiger partial charge in [-0.25, -0.2) is 9.59 Å². The quantitative estimate of drug-likeness (QED) is 0.599. The summed E-state index contributed by atoms with van der Waals surface area (Å²) in [4.78, 5) is 33.3. The van der Waals surface area contributed by atoms with E-state index in [1.165, 1.54) is 14.2 Å². The van der Waals surface area contributed by atoms with Gasteiger partial charge in [-0.3, -0.25) is 4.79 Å². The first-order valence-electron chi connectivity index (χ1n) is 7.00. The van der Waals surface area contributed by atoms with Gasteiger partial charge in [-0.1, -0.05) is 6.42 Å². The Bertz CT molecular complexity index is 406. The molecule has 0 aromatic heterocycles. The summed E-state index contributed by atoms with van der Waals surface area (Å²) >= 11 is 1.63. The average molecular weight is 334 g/mol. The number of carboxylic acid groups (broad SMARTS) is 1. The summed E-state index contributed by atoms with van der Waals surface area (Å²) in [6, 6.07) is -0.526. The molecule has 1 saturated heterocycles. The smallest absolute Gasteiger partial charge is 0.407 e. The SMILES string of the molecule is COC(=O)N[C@H]1[C@H](NC(=O)OC)CS[C@@H]1CCCCC(=O)O. The van der Waals surface area contributed by atoms with Crippen molar-refractivity contribution in [2.24, 2.45) is 0 Å². The number of rotatable bonds is 7. The fraction of sp³-hybridized carbons (Fsp3) is 0.769. The summed E-state index contributed by atoms with van der Waals surface area (Å²) < 4.78 is 9.20. The van der Waals surface area contributed by atoms with Crippen LogP contribution < -0.4 is 10.6 Å². The Kier molecular flexibility index (Phi) is 7.86. The highest BCUT2D eigenvalue weighted by Gasteiger charge is 2.38. The molecule has 1 heterocycles. The molecule has 0 radical (unpaired) electrons. The second kappa shape index (κ2) is 9.39. The van der Waals surface area contributed by atoms with Crippen LogP contribution in [0.3, 0.4) is 0 Å². The van der Waals surface area contributed by atoms with Crippen molar-refractivity contribution in [2.45, 2.75) is 43.0 Å². The zero-order valence-electron chi connectivity index (χ0n) is 12.7. The molecule has 1 fully saturated rings. The molecule has 0 aliphatic carbocycles. The van der Waals surface area contributed by atoms with E-state index in [4.69, 9.17) is 5.11 Å². The molecular formula is C13H22N2O6S. The fourth-order valence-corrected chi connectivity index (χ4v) is 3.85. The summed E-state index contributed by atoms with van der Waals surface area (Å²) in [5, 5.41) is 14.2. The maximum Gasteiger partial charge on any atom is 0.407 e. The van der Waals surface area contributed by atoms with Crippen LogP contribution in [0.4, 0.5) is 9.59 Å². The minimum Gasteiger partial charge on any atom is -0.481 e. The van der Waals surface area contributed by atoms with Crippen LogP contribution in [0.5, 0.6) is 0 Å². The minimum atomic E-state index is -0.812. The van der Waals surface area contributed by atoms with Crippen molar-refractivity contribution in [2.75, 3.05) is 20.0 Å². The highest BCUT2D eigenvalue weighted by atomic mass is 32.2. The lowest BCUT2D eigenvalue weighted by Crippen LogP contribution is -2.53. The van der Waals surface area contributed by atoms with Crippen LogP contribution in [0, 0.1) is 0 Å². The highest BCUT2D eigenvalue weighted by Crippen LogP contribution is 2.31. The summed E-state index contributed by atoms with van der Waals surface area (Å²) in [5.74, 6) is -0.165. The van der Waals surface area contributed by atoms with Crippen LogP contribution in [0.15, 0.2) is 0 Å². The van der Waals surface area contributed by atoms with E-state index in [2.05, 4.69) is 20.1 Å². The fourth-order valence-electron chi connectivity index (χ4n) is 2.31. The molecule has 8 nitrogen and oxygen atoms in total. The summed E-state index contributed by atoms with van der Waals surface area (Å²) in [6.45, 7) is 0.